The van der Waals surface area contributed by atoms with Gasteiger partial charge < -0.3 is 10.1 Å². The van der Waals surface area contributed by atoms with Gasteiger partial charge in [0.25, 0.3) is 5.91 Å². The molecule has 0 bridgehead atoms. The second-order valence-corrected chi connectivity index (χ2v) is 5.34. The van der Waals surface area contributed by atoms with Crippen LogP contribution in [0.4, 0.5) is 5.69 Å². The molecule has 0 saturated carbocycles. The minimum atomic E-state index is -0.537. The van der Waals surface area contributed by atoms with Crippen LogP contribution in [0.15, 0.2) is 47.2 Å². The third-order valence-electron chi connectivity index (χ3n) is 2.97. The van der Waals surface area contributed by atoms with Crippen molar-refractivity contribution in [3.8, 4) is 0 Å². The molecule has 0 aliphatic rings. The molecule has 0 saturated heterocycles. The van der Waals surface area contributed by atoms with Crippen molar-refractivity contribution in [2.24, 2.45) is 0 Å². The second kappa shape index (κ2) is 8.14. The quantitative estimate of drug-likeness (QED) is 0.655. The van der Waals surface area contributed by atoms with E-state index < -0.39 is 5.97 Å². The lowest BCUT2D eigenvalue weighted by Gasteiger charge is -2.09. The van der Waals surface area contributed by atoms with E-state index in [0.29, 0.717) is 0 Å². The third kappa shape index (κ3) is 4.86. The predicted octanol–water partition coefficient (Wildman–Crippen LogP) is 3.51. The number of rotatable bonds is 6. The second-order valence-electron chi connectivity index (χ2n) is 4.56. The van der Waals surface area contributed by atoms with Crippen molar-refractivity contribution in [2.45, 2.75) is 13.3 Å². The fourth-order valence-electron chi connectivity index (χ4n) is 1.86. The van der Waals surface area contributed by atoms with Crippen LogP contribution in [0.1, 0.15) is 18.1 Å². The molecule has 1 N–H and O–H groups in total. The van der Waals surface area contributed by atoms with E-state index in [4.69, 9.17) is 4.74 Å². The van der Waals surface area contributed by atoms with Gasteiger partial charge in [0.15, 0.2) is 6.61 Å². The number of thiophene rings is 1. The van der Waals surface area contributed by atoms with Crippen molar-refractivity contribution in [1.82, 2.24) is 0 Å². The summed E-state index contributed by atoms with van der Waals surface area (Å²) < 4.78 is 4.91. The number of ether oxygens (including phenoxy) is 1. The molecule has 5 heteroatoms. The summed E-state index contributed by atoms with van der Waals surface area (Å²) in [6.07, 6.45) is 3.79. The summed E-state index contributed by atoms with van der Waals surface area (Å²) >= 11 is 1.55. The Labute approximate surface area is 133 Å². The Kier molecular flexibility index (Phi) is 5.91. The Balaban J connectivity index is 1.81. The number of aryl methyl sites for hydroxylation is 1. The van der Waals surface area contributed by atoms with Crippen molar-refractivity contribution in [3.63, 3.8) is 0 Å². The molecule has 0 spiro atoms. The van der Waals surface area contributed by atoms with Gasteiger partial charge in [-0.05, 0) is 46.5 Å². The van der Waals surface area contributed by atoms with Gasteiger partial charge in [-0.15, -0.1) is 0 Å². The van der Waals surface area contributed by atoms with Crippen molar-refractivity contribution in [3.05, 3.63) is 58.3 Å². The first-order chi connectivity index (χ1) is 10.7. The fourth-order valence-corrected chi connectivity index (χ4v) is 2.48. The monoisotopic (exact) mass is 315 g/mol. The maximum absolute atomic E-state index is 11.8. The van der Waals surface area contributed by atoms with Crippen LogP contribution in [0.2, 0.25) is 0 Å². The first-order valence-corrected chi connectivity index (χ1v) is 7.88. The predicted molar refractivity (Wildman–Crippen MR) is 88.8 cm³/mol. The maximum Gasteiger partial charge on any atom is 0.331 e. The number of anilines is 1. The summed E-state index contributed by atoms with van der Waals surface area (Å²) in [5.41, 5.74) is 2.72. The molecule has 1 aromatic carbocycles. The summed E-state index contributed by atoms with van der Waals surface area (Å²) in [5.74, 6) is -0.886. The molecule has 114 valence electrons. The SMILES string of the molecule is CCc1ccccc1NC(=O)COC(=O)/C=C/c1ccsc1. The van der Waals surface area contributed by atoms with Gasteiger partial charge in [0.1, 0.15) is 0 Å². The molecule has 22 heavy (non-hydrogen) atoms. The standard InChI is InChI=1S/C17H17NO3S/c1-2-14-5-3-4-6-15(14)18-16(19)11-21-17(20)8-7-13-9-10-22-12-13/h3-10,12H,2,11H2,1H3,(H,18,19)/b8-7+. The Morgan fingerprint density at radius 2 is 2.09 bits per heavy atom. The fraction of sp³-hybridized carbons (Fsp3) is 0.176. The third-order valence-corrected chi connectivity index (χ3v) is 3.67. The number of benzene rings is 1. The molecule has 4 nitrogen and oxygen atoms in total. The van der Waals surface area contributed by atoms with Crippen LogP contribution in [-0.2, 0) is 20.7 Å². The number of para-hydroxylation sites is 1. The molecule has 1 aromatic heterocycles. The van der Waals surface area contributed by atoms with Crippen molar-refractivity contribution in [2.75, 3.05) is 11.9 Å². The highest BCUT2D eigenvalue weighted by Gasteiger charge is 2.07. The zero-order valence-electron chi connectivity index (χ0n) is 12.2. The Hall–Kier alpha value is -2.40. The van der Waals surface area contributed by atoms with E-state index in [1.165, 1.54) is 6.08 Å². The Morgan fingerprint density at radius 1 is 1.27 bits per heavy atom. The molecule has 1 heterocycles. The lowest BCUT2D eigenvalue weighted by molar-refractivity contribution is -0.142. The van der Waals surface area contributed by atoms with Gasteiger partial charge in [0.05, 0.1) is 0 Å². The molecular formula is C17H17NO3S. The number of hydrogen-bond acceptors (Lipinski definition) is 4. The molecule has 2 aromatic rings. The summed E-state index contributed by atoms with van der Waals surface area (Å²) in [7, 11) is 0. The van der Waals surface area contributed by atoms with Gasteiger partial charge in [-0.25, -0.2) is 4.79 Å². The van der Waals surface area contributed by atoms with E-state index in [-0.39, 0.29) is 12.5 Å². The minimum absolute atomic E-state index is 0.301. The van der Waals surface area contributed by atoms with E-state index in [1.807, 2.05) is 48.0 Å². The normalized spacial score (nSPS) is 10.6. The number of hydrogen-bond donors (Lipinski definition) is 1. The lowest BCUT2D eigenvalue weighted by atomic mass is 10.1. The largest absolute Gasteiger partial charge is 0.452 e. The van der Waals surface area contributed by atoms with Crippen LogP contribution in [0, 0.1) is 0 Å². The van der Waals surface area contributed by atoms with Crippen LogP contribution < -0.4 is 5.32 Å². The highest BCUT2D eigenvalue weighted by molar-refractivity contribution is 7.08. The zero-order chi connectivity index (χ0) is 15.8. The van der Waals surface area contributed by atoms with Crippen molar-refractivity contribution >= 4 is 35.0 Å². The summed E-state index contributed by atoms with van der Waals surface area (Å²) in [6, 6.07) is 9.44. The van der Waals surface area contributed by atoms with Crippen LogP contribution in [0.5, 0.6) is 0 Å². The van der Waals surface area contributed by atoms with Crippen LogP contribution in [0.3, 0.4) is 0 Å². The molecule has 0 unspecified atom stereocenters. The van der Waals surface area contributed by atoms with E-state index in [2.05, 4.69) is 5.32 Å². The van der Waals surface area contributed by atoms with E-state index in [0.717, 1.165) is 23.2 Å². The Morgan fingerprint density at radius 3 is 2.82 bits per heavy atom. The molecule has 0 aliphatic heterocycles. The van der Waals surface area contributed by atoms with Gasteiger partial charge in [0, 0.05) is 11.8 Å². The highest BCUT2D eigenvalue weighted by atomic mass is 32.1. The van der Waals surface area contributed by atoms with Gasteiger partial charge in [-0.3, -0.25) is 4.79 Å². The summed E-state index contributed by atoms with van der Waals surface area (Å²) in [6.45, 7) is 1.71. The average molecular weight is 315 g/mol. The lowest BCUT2D eigenvalue weighted by Crippen LogP contribution is -2.20. The van der Waals surface area contributed by atoms with Gasteiger partial charge >= 0.3 is 5.97 Å². The van der Waals surface area contributed by atoms with E-state index >= 15 is 0 Å². The zero-order valence-corrected chi connectivity index (χ0v) is 13.1. The van der Waals surface area contributed by atoms with Gasteiger partial charge in [0.2, 0.25) is 0 Å². The molecule has 0 aliphatic carbocycles. The van der Waals surface area contributed by atoms with Crippen LogP contribution in [-0.4, -0.2) is 18.5 Å². The Bertz CT molecular complexity index is 662. The maximum atomic E-state index is 11.8. The summed E-state index contributed by atoms with van der Waals surface area (Å²) in [5, 5.41) is 6.58. The number of carbonyl (C=O) groups excluding carboxylic acids is 2. The van der Waals surface area contributed by atoms with E-state index in [9.17, 15) is 9.59 Å². The average Bonchev–Trinajstić information content (AvgIpc) is 3.05. The molecule has 0 fully saturated rings. The number of nitrogens with one attached hydrogen (secondary N) is 1. The van der Waals surface area contributed by atoms with Crippen molar-refractivity contribution in [1.29, 1.82) is 0 Å². The minimum Gasteiger partial charge on any atom is -0.452 e. The smallest absolute Gasteiger partial charge is 0.331 e. The molecule has 0 atom stereocenters. The number of esters is 1. The molecule has 0 radical (unpaired) electrons. The topological polar surface area (TPSA) is 55.4 Å². The van der Waals surface area contributed by atoms with Crippen LogP contribution in [0.25, 0.3) is 6.08 Å². The highest BCUT2D eigenvalue weighted by Crippen LogP contribution is 2.15. The first kappa shape index (κ1) is 16.0. The summed E-state index contributed by atoms with van der Waals surface area (Å²) in [4.78, 5) is 23.3. The van der Waals surface area contributed by atoms with Crippen LogP contribution >= 0.6 is 11.3 Å². The van der Waals surface area contributed by atoms with E-state index in [1.54, 1.807) is 17.4 Å². The number of carbonyl (C=O) groups is 2. The molecular weight excluding hydrogens is 298 g/mol. The molecule has 2 rings (SSSR count). The van der Waals surface area contributed by atoms with Gasteiger partial charge in [-0.2, -0.15) is 11.3 Å². The molecule has 1 amide bonds. The van der Waals surface area contributed by atoms with Crippen molar-refractivity contribution < 1.29 is 14.3 Å². The number of amides is 1. The first-order valence-electron chi connectivity index (χ1n) is 6.94. The van der Waals surface area contributed by atoms with Gasteiger partial charge in [-0.1, -0.05) is 25.1 Å².